The van der Waals surface area contributed by atoms with E-state index in [1.165, 1.54) is 24.3 Å². The second-order valence-corrected chi connectivity index (χ2v) is 6.18. The van der Waals surface area contributed by atoms with Gasteiger partial charge in [0.1, 0.15) is 11.3 Å². The van der Waals surface area contributed by atoms with Crippen LogP contribution >= 0.6 is 11.8 Å². The number of anilines is 1. The van der Waals surface area contributed by atoms with Crippen LogP contribution in [0.2, 0.25) is 0 Å². The van der Waals surface area contributed by atoms with Crippen LogP contribution in [0.15, 0.2) is 58.2 Å². The Morgan fingerprint density at radius 2 is 2.04 bits per heavy atom. The first-order chi connectivity index (χ1) is 13.0. The number of rotatable bonds is 7. The van der Waals surface area contributed by atoms with Gasteiger partial charge in [-0.3, -0.25) is 19.7 Å². The maximum absolute atomic E-state index is 11.8. The van der Waals surface area contributed by atoms with E-state index in [0.717, 1.165) is 11.8 Å². The SMILES string of the molecule is O=C(COC(=O)CSc1nc2ccccc2o1)Nc1cccc([N+](=O)[O-])c1. The minimum atomic E-state index is -0.614. The number of para-hydroxylation sites is 2. The van der Waals surface area contributed by atoms with Crippen LogP contribution in [0.25, 0.3) is 11.1 Å². The predicted molar refractivity (Wildman–Crippen MR) is 97.4 cm³/mol. The number of aromatic nitrogens is 1. The fourth-order valence-electron chi connectivity index (χ4n) is 2.12. The van der Waals surface area contributed by atoms with Crippen LogP contribution in [-0.2, 0) is 14.3 Å². The molecule has 0 aliphatic heterocycles. The average molecular weight is 387 g/mol. The molecule has 0 fully saturated rings. The number of hydrogen-bond donors (Lipinski definition) is 1. The molecule has 10 heteroatoms. The average Bonchev–Trinajstić information content (AvgIpc) is 3.08. The molecule has 0 saturated carbocycles. The molecule has 2 aromatic carbocycles. The van der Waals surface area contributed by atoms with Gasteiger partial charge in [0, 0.05) is 17.8 Å². The van der Waals surface area contributed by atoms with Crippen LogP contribution in [-0.4, -0.2) is 34.1 Å². The number of benzene rings is 2. The number of oxazole rings is 1. The first-order valence-corrected chi connectivity index (χ1v) is 8.68. The van der Waals surface area contributed by atoms with Crippen LogP contribution in [0, 0.1) is 10.1 Å². The maximum Gasteiger partial charge on any atom is 0.316 e. The zero-order valence-corrected chi connectivity index (χ0v) is 14.6. The number of non-ortho nitro benzene ring substituents is 1. The van der Waals surface area contributed by atoms with Gasteiger partial charge in [-0.1, -0.05) is 30.0 Å². The van der Waals surface area contributed by atoms with E-state index in [1.807, 2.05) is 12.1 Å². The minimum absolute atomic E-state index is 0.0725. The summed E-state index contributed by atoms with van der Waals surface area (Å²) in [6, 6.07) is 12.7. The third-order valence-corrected chi connectivity index (χ3v) is 4.09. The van der Waals surface area contributed by atoms with Crippen LogP contribution in [0.4, 0.5) is 11.4 Å². The number of ether oxygens (including phenoxy) is 1. The highest BCUT2D eigenvalue weighted by Crippen LogP contribution is 2.23. The Morgan fingerprint density at radius 3 is 2.81 bits per heavy atom. The molecular weight excluding hydrogens is 374 g/mol. The highest BCUT2D eigenvalue weighted by molar-refractivity contribution is 7.99. The molecule has 3 rings (SSSR count). The standard InChI is InChI=1S/C17H13N3O6S/c21-15(18-11-4-3-5-12(8-11)20(23)24)9-25-16(22)10-27-17-19-13-6-1-2-7-14(13)26-17/h1-8H,9-10H2,(H,18,21). The number of nitrogens with one attached hydrogen (secondary N) is 1. The largest absolute Gasteiger partial charge is 0.455 e. The number of nitro groups is 1. The predicted octanol–water partition coefficient (Wildman–Crippen LogP) is 3.01. The zero-order chi connectivity index (χ0) is 19.2. The monoisotopic (exact) mass is 387 g/mol. The van der Waals surface area contributed by atoms with E-state index in [2.05, 4.69) is 10.3 Å². The van der Waals surface area contributed by atoms with Crippen molar-refractivity contribution in [2.75, 3.05) is 17.7 Å². The normalized spacial score (nSPS) is 10.5. The molecule has 0 saturated heterocycles. The van der Waals surface area contributed by atoms with Crippen LogP contribution < -0.4 is 5.32 Å². The van der Waals surface area contributed by atoms with Crippen LogP contribution in [0.3, 0.4) is 0 Å². The number of hydrogen-bond acceptors (Lipinski definition) is 8. The molecule has 3 aromatic rings. The number of nitrogens with zero attached hydrogens (tertiary/aromatic N) is 2. The molecule has 1 aromatic heterocycles. The van der Waals surface area contributed by atoms with Crippen molar-refractivity contribution in [3.63, 3.8) is 0 Å². The maximum atomic E-state index is 11.8. The van der Waals surface area contributed by atoms with Gasteiger partial charge >= 0.3 is 5.97 Å². The van der Waals surface area contributed by atoms with Crippen molar-refractivity contribution in [2.45, 2.75) is 5.22 Å². The summed E-state index contributed by atoms with van der Waals surface area (Å²) in [6.07, 6.45) is 0. The van der Waals surface area contributed by atoms with Crippen molar-refractivity contribution in [1.29, 1.82) is 0 Å². The van der Waals surface area contributed by atoms with E-state index < -0.39 is 23.4 Å². The van der Waals surface area contributed by atoms with Gasteiger partial charge in [-0.2, -0.15) is 0 Å². The molecule has 0 aliphatic rings. The Labute approximate surface area is 156 Å². The number of esters is 1. The molecule has 0 atom stereocenters. The highest BCUT2D eigenvalue weighted by atomic mass is 32.2. The van der Waals surface area contributed by atoms with Gasteiger partial charge < -0.3 is 14.5 Å². The summed E-state index contributed by atoms with van der Waals surface area (Å²) in [5.74, 6) is -1.29. The number of nitro benzene ring substituents is 1. The molecule has 0 radical (unpaired) electrons. The zero-order valence-electron chi connectivity index (χ0n) is 13.8. The first kappa shape index (κ1) is 18.4. The minimum Gasteiger partial charge on any atom is -0.455 e. The third-order valence-electron chi connectivity index (χ3n) is 3.29. The smallest absolute Gasteiger partial charge is 0.316 e. The molecule has 0 spiro atoms. The van der Waals surface area contributed by atoms with E-state index in [9.17, 15) is 19.7 Å². The number of amides is 1. The molecular formula is C17H13N3O6S. The third kappa shape index (κ3) is 5.05. The molecule has 0 aliphatic carbocycles. The summed E-state index contributed by atoms with van der Waals surface area (Å²) in [7, 11) is 0. The van der Waals surface area contributed by atoms with E-state index in [0.29, 0.717) is 16.3 Å². The topological polar surface area (TPSA) is 125 Å². The quantitative estimate of drug-likeness (QED) is 0.284. The van der Waals surface area contributed by atoms with Gasteiger partial charge in [0.15, 0.2) is 12.2 Å². The van der Waals surface area contributed by atoms with Crippen molar-refractivity contribution in [3.05, 3.63) is 58.6 Å². The van der Waals surface area contributed by atoms with E-state index in [-0.39, 0.29) is 17.1 Å². The summed E-state index contributed by atoms with van der Waals surface area (Å²) in [4.78, 5) is 37.9. The van der Waals surface area contributed by atoms with E-state index in [4.69, 9.17) is 9.15 Å². The Morgan fingerprint density at radius 1 is 1.22 bits per heavy atom. The Hall–Kier alpha value is -3.40. The van der Waals surface area contributed by atoms with Crippen LogP contribution in [0.1, 0.15) is 0 Å². The van der Waals surface area contributed by atoms with E-state index >= 15 is 0 Å². The lowest BCUT2D eigenvalue weighted by Crippen LogP contribution is -2.21. The van der Waals surface area contributed by atoms with Crippen molar-refractivity contribution in [3.8, 4) is 0 Å². The van der Waals surface area contributed by atoms with Crippen LogP contribution in [0.5, 0.6) is 0 Å². The molecule has 1 heterocycles. The van der Waals surface area contributed by atoms with E-state index in [1.54, 1.807) is 12.1 Å². The Bertz CT molecular complexity index is 970. The summed E-state index contributed by atoms with van der Waals surface area (Å²) < 4.78 is 10.3. The fraction of sp³-hybridized carbons (Fsp3) is 0.118. The molecule has 27 heavy (non-hydrogen) atoms. The molecule has 0 unspecified atom stereocenters. The first-order valence-electron chi connectivity index (χ1n) is 7.69. The van der Waals surface area contributed by atoms with Gasteiger partial charge in [0.05, 0.1) is 4.92 Å². The summed E-state index contributed by atoms with van der Waals surface area (Å²) in [6.45, 7) is -0.504. The molecule has 138 valence electrons. The van der Waals surface area contributed by atoms with Gasteiger partial charge in [-0.15, -0.1) is 0 Å². The number of thioether (sulfide) groups is 1. The van der Waals surface area contributed by atoms with Crippen molar-refractivity contribution < 1.29 is 23.7 Å². The van der Waals surface area contributed by atoms with Crippen molar-refractivity contribution in [1.82, 2.24) is 4.98 Å². The van der Waals surface area contributed by atoms with Gasteiger partial charge in [0.2, 0.25) is 0 Å². The van der Waals surface area contributed by atoms with Crippen molar-refractivity contribution in [2.24, 2.45) is 0 Å². The van der Waals surface area contributed by atoms with Crippen molar-refractivity contribution >= 4 is 46.1 Å². The molecule has 1 N–H and O–H groups in total. The Kier molecular flexibility index (Phi) is 5.67. The second kappa shape index (κ2) is 8.32. The lowest BCUT2D eigenvalue weighted by molar-refractivity contribution is -0.384. The number of carbonyl (C=O) groups is 2. The van der Waals surface area contributed by atoms with Gasteiger partial charge in [-0.05, 0) is 18.2 Å². The fourth-order valence-corrected chi connectivity index (χ4v) is 2.75. The Balaban J connectivity index is 1.45. The summed E-state index contributed by atoms with van der Waals surface area (Å²) in [5.41, 5.74) is 1.39. The number of carbonyl (C=O) groups excluding carboxylic acids is 2. The lowest BCUT2D eigenvalue weighted by Gasteiger charge is -2.06. The summed E-state index contributed by atoms with van der Waals surface area (Å²) in [5, 5.41) is 13.5. The highest BCUT2D eigenvalue weighted by Gasteiger charge is 2.13. The molecule has 9 nitrogen and oxygen atoms in total. The lowest BCUT2D eigenvalue weighted by atomic mass is 10.3. The molecule has 1 amide bonds. The van der Waals surface area contributed by atoms with Gasteiger partial charge in [0.25, 0.3) is 16.8 Å². The summed E-state index contributed by atoms with van der Waals surface area (Å²) >= 11 is 1.06. The molecule has 0 bridgehead atoms. The number of fused-ring (bicyclic) bond motifs is 1. The second-order valence-electron chi connectivity index (χ2n) is 5.25. The van der Waals surface area contributed by atoms with Gasteiger partial charge in [-0.25, -0.2) is 4.98 Å².